The molecule has 44 heavy (non-hydrogen) atoms. The fourth-order valence-corrected chi connectivity index (χ4v) is 5.56. The van der Waals surface area contributed by atoms with Gasteiger partial charge in [-0.15, -0.1) is 0 Å². The number of nitrogens with one attached hydrogen (secondary N) is 3. The van der Waals surface area contributed by atoms with Gasteiger partial charge in [-0.05, 0) is 54.8 Å². The molecule has 1 amide bonds. The summed E-state index contributed by atoms with van der Waals surface area (Å²) in [6, 6.07) is 25.0. The Labute approximate surface area is 255 Å². The number of hydrogen-bond acceptors (Lipinski definition) is 9. The first kappa shape index (κ1) is 30.3. The van der Waals surface area contributed by atoms with Gasteiger partial charge in [0, 0.05) is 29.6 Å². The SMILES string of the molecule is COc1cc(Nc2nc3ccccc3nc2NS(=O)(=O)c2cccc(NC(=O)C(N)Cc3ccccc3C)c2)cc(OC)c1. The smallest absolute Gasteiger partial charge is 0.263 e. The Morgan fingerprint density at radius 2 is 1.45 bits per heavy atom. The van der Waals surface area contributed by atoms with Crippen LogP contribution in [0.4, 0.5) is 23.0 Å². The first-order valence-electron chi connectivity index (χ1n) is 13.7. The summed E-state index contributed by atoms with van der Waals surface area (Å²) in [4.78, 5) is 21.9. The summed E-state index contributed by atoms with van der Waals surface area (Å²) in [5.74, 6) is 0.756. The van der Waals surface area contributed by atoms with E-state index in [9.17, 15) is 13.2 Å². The van der Waals surface area contributed by atoms with Crippen LogP contribution in [0.1, 0.15) is 11.1 Å². The molecule has 5 rings (SSSR count). The van der Waals surface area contributed by atoms with Gasteiger partial charge in [-0.2, -0.15) is 0 Å². The molecule has 0 saturated heterocycles. The summed E-state index contributed by atoms with van der Waals surface area (Å²) in [6.07, 6.45) is 0.341. The lowest BCUT2D eigenvalue weighted by Gasteiger charge is -2.16. The van der Waals surface area contributed by atoms with Gasteiger partial charge >= 0.3 is 0 Å². The normalized spacial score (nSPS) is 11.9. The molecule has 12 heteroatoms. The third-order valence-corrected chi connectivity index (χ3v) is 8.20. The van der Waals surface area contributed by atoms with Gasteiger partial charge in [0.2, 0.25) is 5.91 Å². The average Bonchev–Trinajstić information content (AvgIpc) is 3.02. The highest BCUT2D eigenvalue weighted by atomic mass is 32.2. The zero-order valence-electron chi connectivity index (χ0n) is 24.4. The van der Waals surface area contributed by atoms with Crippen molar-refractivity contribution < 1.29 is 22.7 Å². The number of aryl methyl sites for hydroxylation is 1. The van der Waals surface area contributed by atoms with E-state index in [0.717, 1.165) is 11.1 Å². The number of sulfonamides is 1. The van der Waals surface area contributed by atoms with E-state index in [1.165, 1.54) is 32.4 Å². The van der Waals surface area contributed by atoms with Crippen LogP contribution in [0.3, 0.4) is 0 Å². The summed E-state index contributed by atoms with van der Waals surface area (Å²) in [5, 5.41) is 5.86. The largest absolute Gasteiger partial charge is 0.497 e. The van der Waals surface area contributed by atoms with E-state index in [1.54, 1.807) is 42.5 Å². The molecule has 0 bridgehead atoms. The second-order valence-electron chi connectivity index (χ2n) is 10.00. The van der Waals surface area contributed by atoms with Crippen LogP contribution in [-0.2, 0) is 21.2 Å². The monoisotopic (exact) mass is 612 g/mol. The molecule has 0 aliphatic carbocycles. The summed E-state index contributed by atoms with van der Waals surface area (Å²) in [7, 11) is -1.12. The first-order chi connectivity index (χ1) is 21.1. The Morgan fingerprint density at radius 1 is 0.818 bits per heavy atom. The van der Waals surface area contributed by atoms with Gasteiger partial charge in [-0.1, -0.05) is 42.5 Å². The van der Waals surface area contributed by atoms with Gasteiger partial charge in [0.25, 0.3) is 10.0 Å². The van der Waals surface area contributed by atoms with Crippen LogP contribution < -0.4 is 30.6 Å². The number of nitrogens with zero attached hydrogens (tertiary/aromatic N) is 2. The predicted octanol–water partition coefficient (Wildman–Crippen LogP) is 5.01. The molecule has 5 aromatic rings. The minimum atomic E-state index is -4.18. The number of para-hydroxylation sites is 2. The molecule has 1 atom stereocenters. The van der Waals surface area contributed by atoms with Crippen molar-refractivity contribution in [3.8, 4) is 11.5 Å². The maximum Gasteiger partial charge on any atom is 0.263 e. The molecule has 0 spiro atoms. The molecule has 0 fully saturated rings. The van der Waals surface area contributed by atoms with Gasteiger partial charge < -0.3 is 25.8 Å². The molecule has 0 aliphatic rings. The van der Waals surface area contributed by atoms with Gasteiger partial charge in [0.05, 0.1) is 36.2 Å². The number of anilines is 4. The fourth-order valence-electron chi connectivity index (χ4n) is 4.51. The second kappa shape index (κ2) is 13.0. The lowest BCUT2D eigenvalue weighted by molar-refractivity contribution is -0.117. The molecular formula is C32H32N6O5S. The van der Waals surface area contributed by atoms with Crippen molar-refractivity contribution in [3.63, 3.8) is 0 Å². The number of amides is 1. The zero-order chi connectivity index (χ0) is 31.3. The summed E-state index contributed by atoms with van der Waals surface area (Å²) in [5.41, 5.74) is 10.0. The van der Waals surface area contributed by atoms with Gasteiger partial charge in [-0.25, -0.2) is 18.4 Å². The topological polar surface area (TPSA) is 158 Å². The van der Waals surface area contributed by atoms with Crippen molar-refractivity contribution in [1.82, 2.24) is 9.97 Å². The Balaban J connectivity index is 1.41. The highest BCUT2D eigenvalue weighted by Crippen LogP contribution is 2.31. The summed E-state index contributed by atoms with van der Waals surface area (Å²) in [6.45, 7) is 1.95. The predicted molar refractivity (Wildman–Crippen MR) is 171 cm³/mol. The van der Waals surface area contributed by atoms with Crippen molar-refractivity contribution >= 4 is 50.0 Å². The van der Waals surface area contributed by atoms with Crippen LogP contribution in [0.15, 0.2) is 95.9 Å². The lowest BCUT2D eigenvalue weighted by Crippen LogP contribution is -2.37. The van der Waals surface area contributed by atoms with Crippen LogP contribution >= 0.6 is 0 Å². The number of nitrogens with two attached hydrogens (primary N) is 1. The van der Waals surface area contributed by atoms with Crippen LogP contribution in [0.2, 0.25) is 0 Å². The van der Waals surface area contributed by atoms with Crippen molar-refractivity contribution in [2.75, 3.05) is 29.6 Å². The van der Waals surface area contributed by atoms with Gasteiger partial charge in [0.15, 0.2) is 11.6 Å². The number of aromatic nitrogens is 2. The molecule has 1 aromatic heterocycles. The number of carbonyl (C=O) groups excluding carboxylic acids is 1. The standard InChI is InChI=1S/C32H32N6O5S/c1-20-9-4-5-10-21(20)15-27(33)32(39)35-22-11-8-12-26(18-22)44(40,41)38-31-30(36-28-13-6-7-14-29(28)37-31)34-23-16-24(42-2)19-25(17-23)43-3/h4-14,16-19,27H,15,33H2,1-3H3,(H,34,36)(H,35,39)(H,37,38). The van der Waals surface area contributed by atoms with E-state index < -0.39 is 22.0 Å². The van der Waals surface area contributed by atoms with Crippen LogP contribution in [0.5, 0.6) is 11.5 Å². The summed E-state index contributed by atoms with van der Waals surface area (Å²) >= 11 is 0. The summed E-state index contributed by atoms with van der Waals surface area (Å²) < 4.78 is 40.5. The van der Waals surface area contributed by atoms with Crippen LogP contribution in [0, 0.1) is 6.92 Å². The Kier molecular flexibility index (Phi) is 8.93. The van der Waals surface area contributed by atoms with Crippen molar-refractivity contribution in [2.45, 2.75) is 24.3 Å². The number of rotatable bonds is 11. The number of carbonyl (C=O) groups is 1. The molecule has 5 N–H and O–H groups in total. The van der Waals surface area contributed by atoms with Crippen molar-refractivity contribution in [2.24, 2.45) is 5.73 Å². The van der Waals surface area contributed by atoms with Gasteiger partial charge in [0.1, 0.15) is 11.5 Å². The number of hydrogen-bond donors (Lipinski definition) is 4. The van der Waals surface area contributed by atoms with E-state index in [0.29, 0.717) is 34.6 Å². The molecule has 0 radical (unpaired) electrons. The first-order valence-corrected chi connectivity index (χ1v) is 15.1. The highest BCUT2D eigenvalue weighted by molar-refractivity contribution is 7.92. The average molecular weight is 613 g/mol. The van der Waals surface area contributed by atoms with E-state index >= 15 is 0 Å². The third-order valence-electron chi connectivity index (χ3n) is 6.87. The number of methoxy groups -OCH3 is 2. The van der Waals surface area contributed by atoms with Crippen molar-refractivity contribution in [1.29, 1.82) is 0 Å². The highest BCUT2D eigenvalue weighted by Gasteiger charge is 2.21. The van der Waals surface area contributed by atoms with Gasteiger partial charge in [-0.3, -0.25) is 9.52 Å². The van der Waals surface area contributed by atoms with E-state index in [4.69, 9.17) is 15.2 Å². The Hall–Kier alpha value is -5.20. The molecule has 0 saturated carbocycles. The van der Waals surface area contributed by atoms with E-state index in [-0.39, 0.29) is 22.2 Å². The molecule has 1 unspecified atom stereocenters. The molecule has 0 aliphatic heterocycles. The minimum Gasteiger partial charge on any atom is -0.497 e. The molecule has 1 heterocycles. The number of fused-ring (bicyclic) bond motifs is 1. The fraction of sp³-hybridized carbons (Fsp3) is 0.156. The van der Waals surface area contributed by atoms with E-state index in [1.807, 2.05) is 37.3 Å². The quantitative estimate of drug-likeness (QED) is 0.161. The molecular weight excluding hydrogens is 580 g/mol. The molecule has 11 nitrogen and oxygen atoms in total. The lowest BCUT2D eigenvalue weighted by atomic mass is 10.0. The van der Waals surface area contributed by atoms with Crippen LogP contribution in [-0.4, -0.2) is 44.6 Å². The minimum absolute atomic E-state index is 0.0276. The van der Waals surface area contributed by atoms with Crippen LogP contribution in [0.25, 0.3) is 11.0 Å². The maximum absolute atomic E-state index is 13.6. The molecule has 4 aromatic carbocycles. The third kappa shape index (κ3) is 7.05. The second-order valence-corrected chi connectivity index (χ2v) is 11.7. The zero-order valence-corrected chi connectivity index (χ0v) is 25.2. The maximum atomic E-state index is 13.6. The number of ether oxygens (including phenoxy) is 2. The van der Waals surface area contributed by atoms with E-state index in [2.05, 4.69) is 25.3 Å². The number of benzene rings is 4. The Bertz CT molecular complexity index is 1910. The Morgan fingerprint density at radius 3 is 2.11 bits per heavy atom. The van der Waals surface area contributed by atoms with Crippen molar-refractivity contribution in [3.05, 3.63) is 102 Å². The molecule has 226 valence electrons.